The second-order valence-corrected chi connectivity index (χ2v) is 4.87. The highest BCUT2D eigenvalue weighted by molar-refractivity contribution is 5.92. The molecule has 0 saturated carbocycles. The zero-order valence-electron chi connectivity index (χ0n) is 11.1. The van der Waals surface area contributed by atoms with E-state index >= 15 is 0 Å². The molecule has 1 aliphatic heterocycles. The molecule has 0 spiro atoms. The predicted octanol–water partition coefficient (Wildman–Crippen LogP) is 0.0295. The smallest absolute Gasteiger partial charge is 0.242 e. The highest BCUT2D eigenvalue weighted by atomic mass is 16.2. The van der Waals surface area contributed by atoms with E-state index in [-0.39, 0.29) is 30.8 Å². The van der Waals surface area contributed by atoms with Gasteiger partial charge in [-0.3, -0.25) is 9.59 Å². The fourth-order valence-corrected chi connectivity index (χ4v) is 2.24. The molecule has 0 radical (unpaired) electrons. The monoisotopic (exact) mass is 261 g/mol. The Balaban J connectivity index is 2.06. The highest BCUT2D eigenvalue weighted by Crippen LogP contribution is 2.17. The van der Waals surface area contributed by atoms with E-state index in [9.17, 15) is 9.59 Å². The summed E-state index contributed by atoms with van der Waals surface area (Å²) < 4.78 is 0. The molecule has 0 bridgehead atoms. The van der Waals surface area contributed by atoms with Crippen LogP contribution >= 0.6 is 0 Å². The molecule has 102 valence electrons. The summed E-state index contributed by atoms with van der Waals surface area (Å²) in [4.78, 5) is 26.6. The Morgan fingerprint density at radius 3 is 2.47 bits per heavy atom. The molecular formula is C14H19N3O2. The van der Waals surface area contributed by atoms with E-state index in [4.69, 9.17) is 5.73 Å². The van der Waals surface area contributed by atoms with Crippen LogP contribution < -0.4 is 5.73 Å². The van der Waals surface area contributed by atoms with E-state index in [0.717, 1.165) is 5.56 Å². The summed E-state index contributed by atoms with van der Waals surface area (Å²) in [6.07, 6.45) is 0. The largest absolute Gasteiger partial charge is 0.335 e. The number of nitrogens with zero attached hydrogens (tertiary/aromatic N) is 2. The topological polar surface area (TPSA) is 66.6 Å². The molecule has 19 heavy (non-hydrogen) atoms. The van der Waals surface area contributed by atoms with E-state index in [2.05, 4.69) is 0 Å². The first-order valence-electron chi connectivity index (χ1n) is 6.38. The number of carbonyl (C=O) groups is 2. The second kappa shape index (κ2) is 5.84. The number of hydrogen-bond acceptors (Lipinski definition) is 3. The number of rotatable bonds is 4. The van der Waals surface area contributed by atoms with Crippen molar-refractivity contribution in [2.24, 2.45) is 5.73 Å². The number of nitrogens with two attached hydrogens (primary N) is 1. The van der Waals surface area contributed by atoms with Gasteiger partial charge in [0.25, 0.3) is 0 Å². The lowest BCUT2D eigenvalue weighted by atomic mass is 9.98. The standard InChI is InChI=1S/C14H19N3O2/c1-16-9-14(19)17(10-13(16)18)8-12(7-15)11-5-3-2-4-6-11/h2-6,12H,7-10,15H2,1H3. The maximum atomic E-state index is 11.9. The quantitative estimate of drug-likeness (QED) is 0.831. The molecule has 0 aliphatic carbocycles. The van der Waals surface area contributed by atoms with Gasteiger partial charge >= 0.3 is 0 Å². The zero-order valence-corrected chi connectivity index (χ0v) is 11.1. The lowest BCUT2D eigenvalue weighted by Crippen LogP contribution is -2.53. The molecule has 1 aromatic rings. The SMILES string of the molecule is CN1CC(=O)N(CC(CN)c2ccccc2)CC1=O. The van der Waals surface area contributed by atoms with E-state index in [1.54, 1.807) is 11.9 Å². The Kier molecular flexibility index (Phi) is 4.16. The van der Waals surface area contributed by atoms with E-state index in [1.807, 2.05) is 30.3 Å². The summed E-state index contributed by atoms with van der Waals surface area (Å²) in [7, 11) is 1.65. The van der Waals surface area contributed by atoms with Crippen molar-refractivity contribution in [3.63, 3.8) is 0 Å². The zero-order chi connectivity index (χ0) is 13.8. The van der Waals surface area contributed by atoms with Crippen LogP contribution in [0.15, 0.2) is 30.3 Å². The first-order valence-corrected chi connectivity index (χ1v) is 6.38. The minimum atomic E-state index is -0.0246. The average molecular weight is 261 g/mol. The van der Waals surface area contributed by atoms with Gasteiger partial charge in [-0.1, -0.05) is 30.3 Å². The third-order valence-corrected chi connectivity index (χ3v) is 3.47. The molecule has 1 aliphatic rings. The summed E-state index contributed by atoms with van der Waals surface area (Å²) in [6, 6.07) is 9.85. The van der Waals surface area contributed by atoms with Crippen molar-refractivity contribution >= 4 is 11.8 Å². The van der Waals surface area contributed by atoms with Gasteiger partial charge in [-0.2, -0.15) is 0 Å². The Morgan fingerprint density at radius 1 is 1.16 bits per heavy atom. The van der Waals surface area contributed by atoms with Crippen molar-refractivity contribution in [3.8, 4) is 0 Å². The Labute approximate surface area is 113 Å². The van der Waals surface area contributed by atoms with E-state index in [0.29, 0.717) is 13.1 Å². The summed E-state index contributed by atoms with van der Waals surface area (Å²) in [5.41, 5.74) is 6.90. The maximum Gasteiger partial charge on any atom is 0.242 e. The van der Waals surface area contributed by atoms with Gasteiger partial charge in [-0.15, -0.1) is 0 Å². The van der Waals surface area contributed by atoms with Gasteiger partial charge in [-0.05, 0) is 5.56 Å². The third kappa shape index (κ3) is 3.12. The molecule has 2 N–H and O–H groups in total. The molecule has 5 nitrogen and oxygen atoms in total. The van der Waals surface area contributed by atoms with Crippen molar-refractivity contribution < 1.29 is 9.59 Å². The summed E-state index contributed by atoms with van der Waals surface area (Å²) >= 11 is 0. The van der Waals surface area contributed by atoms with Crippen LogP contribution in [0.1, 0.15) is 11.5 Å². The van der Waals surface area contributed by atoms with Crippen LogP contribution in [0.25, 0.3) is 0 Å². The molecule has 1 aromatic carbocycles. The first-order chi connectivity index (χ1) is 9.11. The van der Waals surface area contributed by atoms with Gasteiger partial charge < -0.3 is 15.5 Å². The molecule has 1 saturated heterocycles. The molecule has 2 rings (SSSR count). The normalized spacial score (nSPS) is 17.8. The van der Waals surface area contributed by atoms with Crippen LogP contribution in [0.2, 0.25) is 0 Å². The van der Waals surface area contributed by atoms with E-state index in [1.165, 1.54) is 4.90 Å². The molecular weight excluding hydrogens is 242 g/mol. The van der Waals surface area contributed by atoms with Crippen molar-refractivity contribution in [2.75, 3.05) is 33.2 Å². The van der Waals surface area contributed by atoms with Crippen LogP contribution in [0, 0.1) is 0 Å². The number of benzene rings is 1. The average Bonchev–Trinajstić information content (AvgIpc) is 2.42. The third-order valence-electron chi connectivity index (χ3n) is 3.47. The van der Waals surface area contributed by atoms with Gasteiger partial charge in [-0.25, -0.2) is 0 Å². The Bertz CT molecular complexity index is 461. The van der Waals surface area contributed by atoms with Gasteiger partial charge in [0.1, 0.15) is 0 Å². The molecule has 1 unspecified atom stereocenters. The molecule has 2 amide bonds. The summed E-state index contributed by atoms with van der Waals surface area (Å²) in [6.45, 7) is 1.26. The number of hydrogen-bond donors (Lipinski definition) is 1. The first kappa shape index (κ1) is 13.5. The van der Waals surface area contributed by atoms with E-state index < -0.39 is 0 Å². The lowest BCUT2D eigenvalue weighted by Gasteiger charge is -2.33. The van der Waals surface area contributed by atoms with Gasteiger partial charge in [0, 0.05) is 26.1 Å². The maximum absolute atomic E-state index is 11.9. The van der Waals surface area contributed by atoms with Gasteiger partial charge in [0.05, 0.1) is 13.1 Å². The van der Waals surface area contributed by atoms with Crippen LogP contribution in [-0.2, 0) is 9.59 Å². The molecule has 1 heterocycles. The van der Waals surface area contributed by atoms with Gasteiger partial charge in [0.2, 0.25) is 11.8 Å². The lowest BCUT2D eigenvalue weighted by molar-refractivity contribution is -0.148. The van der Waals surface area contributed by atoms with Crippen molar-refractivity contribution in [3.05, 3.63) is 35.9 Å². The number of amides is 2. The number of piperazine rings is 1. The molecule has 5 heteroatoms. The fourth-order valence-electron chi connectivity index (χ4n) is 2.24. The van der Waals surface area contributed by atoms with Crippen LogP contribution in [0.3, 0.4) is 0 Å². The fraction of sp³-hybridized carbons (Fsp3) is 0.429. The van der Waals surface area contributed by atoms with Crippen LogP contribution in [0.5, 0.6) is 0 Å². The van der Waals surface area contributed by atoms with Crippen LogP contribution in [-0.4, -0.2) is 54.8 Å². The Hall–Kier alpha value is -1.88. The second-order valence-electron chi connectivity index (χ2n) is 4.87. The van der Waals surface area contributed by atoms with Crippen LogP contribution in [0.4, 0.5) is 0 Å². The molecule has 1 fully saturated rings. The minimum Gasteiger partial charge on any atom is -0.335 e. The summed E-state index contributed by atoms with van der Waals surface area (Å²) in [5.74, 6) is 0.0290. The minimum absolute atomic E-state index is 0.0171. The van der Waals surface area contributed by atoms with Crippen molar-refractivity contribution in [2.45, 2.75) is 5.92 Å². The molecule has 0 aromatic heterocycles. The number of carbonyl (C=O) groups excluding carboxylic acids is 2. The predicted molar refractivity (Wildman–Crippen MR) is 72.5 cm³/mol. The number of likely N-dealkylation sites (N-methyl/N-ethyl adjacent to an activating group) is 1. The highest BCUT2D eigenvalue weighted by Gasteiger charge is 2.29. The van der Waals surface area contributed by atoms with Crippen molar-refractivity contribution in [1.82, 2.24) is 9.80 Å². The van der Waals surface area contributed by atoms with Gasteiger partial charge in [0.15, 0.2) is 0 Å². The Morgan fingerprint density at radius 2 is 1.84 bits per heavy atom. The molecule has 1 atom stereocenters. The van der Waals surface area contributed by atoms with Crippen molar-refractivity contribution in [1.29, 1.82) is 0 Å². The summed E-state index contributed by atoms with van der Waals surface area (Å²) in [5, 5.41) is 0.